The molecule has 3 amide bonds. The number of rotatable bonds is 4. The number of anilines is 1. The van der Waals surface area contributed by atoms with E-state index in [-0.39, 0.29) is 36.0 Å². The highest BCUT2D eigenvalue weighted by Crippen LogP contribution is 2.29. The Morgan fingerprint density at radius 2 is 1.92 bits per heavy atom. The quantitative estimate of drug-likeness (QED) is 0.872. The number of hydrogen-bond donors (Lipinski definition) is 1. The van der Waals surface area contributed by atoms with Gasteiger partial charge in [-0.1, -0.05) is 6.07 Å². The van der Waals surface area contributed by atoms with E-state index in [2.05, 4.69) is 0 Å². The predicted molar refractivity (Wildman–Crippen MR) is 92.0 cm³/mol. The van der Waals surface area contributed by atoms with Gasteiger partial charge in [0, 0.05) is 43.7 Å². The van der Waals surface area contributed by atoms with E-state index in [1.807, 2.05) is 18.2 Å². The van der Waals surface area contributed by atoms with E-state index in [0.717, 1.165) is 5.69 Å². The number of carbonyl (C=O) groups is 3. The molecular weight excluding hydrogens is 322 g/mol. The van der Waals surface area contributed by atoms with Crippen molar-refractivity contribution in [1.82, 2.24) is 4.90 Å². The van der Waals surface area contributed by atoms with Gasteiger partial charge in [0.15, 0.2) is 0 Å². The van der Waals surface area contributed by atoms with Gasteiger partial charge in [0.05, 0.1) is 13.0 Å². The van der Waals surface area contributed by atoms with Gasteiger partial charge in [-0.05, 0) is 25.0 Å². The third-order valence-corrected chi connectivity index (χ3v) is 5.05. The third kappa shape index (κ3) is 3.60. The zero-order valence-electron chi connectivity index (χ0n) is 14.3. The zero-order chi connectivity index (χ0) is 18.0. The van der Waals surface area contributed by atoms with E-state index in [1.165, 1.54) is 0 Å². The lowest BCUT2D eigenvalue weighted by Crippen LogP contribution is -2.44. The van der Waals surface area contributed by atoms with Crippen molar-refractivity contribution in [2.75, 3.05) is 31.6 Å². The molecule has 25 heavy (non-hydrogen) atoms. The van der Waals surface area contributed by atoms with Crippen LogP contribution in [0.4, 0.5) is 5.69 Å². The molecule has 2 saturated heterocycles. The van der Waals surface area contributed by atoms with Gasteiger partial charge in [-0.25, -0.2) is 0 Å². The van der Waals surface area contributed by atoms with Crippen molar-refractivity contribution < 1.29 is 19.1 Å². The lowest BCUT2D eigenvalue weighted by molar-refractivity contribution is -0.138. The fraction of sp³-hybridized carbons (Fsp3) is 0.500. The summed E-state index contributed by atoms with van der Waals surface area (Å²) >= 11 is 0. The molecule has 0 spiro atoms. The zero-order valence-corrected chi connectivity index (χ0v) is 14.3. The van der Waals surface area contributed by atoms with Gasteiger partial charge in [0.25, 0.3) is 0 Å². The van der Waals surface area contributed by atoms with E-state index in [9.17, 15) is 14.4 Å². The number of nitrogens with two attached hydrogens (primary N) is 1. The van der Waals surface area contributed by atoms with Gasteiger partial charge in [-0.3, -0.25) is 14.4 Å². The summed E-state index contributed by atoms with van der Waals surface area (Å²) in [5.41, 5.74) is 6.07. The van der Waals surface area contributed by atoms with Gasteiger partial charge in [-0.15, -0.1) is 0 Å². The lowest BCUT2D eigenvalue weighted by atomic mass is 9.95. The summed E-state index contributed by atoms with van der Waals surface area (Å²) in [5.74, 6) is -0.187. The molecular formula is C18H23N3O4. The molecule has 1 aromatic carbocycles. The number of piperidine rings is 1. The van der Waals surface area contributed by atoms with Crippen LogP contribution in [0.25, 0.3) is 0 Å². The number of hydrogen-bond acceptors (Lipinski definition) is 4. The van der Waals surface area contributed by atoms with Crippen LogP contribution >= 0.6 is 0 Å². The summed E-state index contributed by atoms with van der Waals surface area (Å²) in [5, 5.41) is 0. The highest BCUT2D eigenvalue weighted by molar-refractivity contribution is 6.00. The summed E-state index contributed by atoms with van der Waals surface area (Å²) < 4.78 is 5.20. The van der Waals surface area contributed by atoms with E-state index in [4.69, 9.17) is 10.5 Å². The average Bonchev–Trinajstić information content (AvgIpc) is 3.03. The number of likely N-dealkylation sites (tertiary alicyclic amines) is 1. The molecule has 2 fully saturated rings. The first-order chi connectivity index (χ1) is 12.0. The second kappa shape index (κ2) is 7.13. The molecule has 0 bridgehead atoms. The standard InChI is InChI=1S/C18H23N3O4/c1-25-15-4-2-3-14(10-15)21-11-13(9-16(21)22)18(24)20-7-5-12(6-8-20)17(19)23/h2-4,10,12-13H,5-9,11H2,1H3,(H2,19,23)/t13-/m1/s1. The molecule has 0 saturated carbocycles. The third-order valence-electron chi connectivity index (χ3n) is 5.05. The Morgan fingerprint density at radius 1 is 1.20 bits per heavy atom. The summed E-state index contributed by atoms with van der Waals surface area (Å²) in [6, 6.07) is 7.27. The number of nitrogens with zero attached hydrogens (tertiary/aromatic N) is 2. The molecule has 134 valence electrons. The largest absolute Gasteiger partial charge is 0.497 e. The van der Waals surface area contributed by atoms with Crippen LogP contribution in [0.2, 0.25) is 0 Å². The maximum Gasteiger partial charge on any atom is 0.228 e. The number of ether oxygens (including phenoxy) is 1. The van der Waals surface area contributed by atoms with Crippen molar-refractivity contribution in [1.29, 1.82) is 0 Å². The molecule has 0 aliphatic carbocycles. The smallest absolute Gasteiger partial charge is 0.228 e. The van der Waals surface area contributed by atoms with Gasteiger partial charge < -0.3 is 20.3 Å². The second-order valence-electron chi connectivity index (χ2n) is 6.61. The molecule has 0 unspecified atom stereocenters. The van der Waals surface area contributed by atoms with Crippen LogP contribution in [0, 0.1) is 11.8 Å². The molecule has 7 nitrogen and oxygen atoms in total. The Labute approximate surface area is 146 Å². The summed E-state index contributed by atoms with van der Waals surface area (Å²) in [6.07, 6.45) is 1.41. The topological polar surface area (TPSA) is 92.9 Å². The minimum Gasteiger partial charge on any atom is -0.497 e. The average molecular weight is 345 g/mol. The maximum absolute atomic E-state index is 12.7. The van der Waals surface area contributed by atoms with Crippen LogP contribution < -0.4 is 15.4 Å². The summed E-state index contributed by atoms with van der Waals surface area (Å²) in [6.45, 7) is 1.42. The normalized spacial score (nSPS) is 21.5. The SMILES string of the molecule is COc1cccc(N2C[C@H](C(=O)N3CCC(C(N)=O)CC3)CC2=O)c1. The van der Waals surface area contributed by atoms with E-state index in [1.54, 1.807) is 23.0 Å². The Balaban J connectivity index is 1.64. The number of carbonyl (C=O) groups excluding carboxylic acids is 3. The first-order valence-corrected chi connectivity index (χ1v) is 8.52. The monoisotopic (exact) mass is 345 g/mol. The Bertz CT molecular complexity index is 683. The Morgan fingerprint density at radius 3 is 2.56 bits per heavy atom. The highest BCUT2D eigenvalue weighted by atomic mass is 16.5. The van der Waals surface area contributed by atoms with E-state index in [0.29, 0.717) is 38.2 Å². The molecule has 2 aliphatic heterocycles. The number of primary amides is 1. The van der Waals surface area contributed by atoms with Crippen LogP contribution in [-0.2, 0) is 14.4 Å². The number of amides is 3. The van der Waals surface area contributed by atoms with Crippen LogP contribution in [0.3, 0.4) is 0 Å². The van der Waals surface area contributed by atoms with Gasteiger partial charge >= 0.3 is 0 Å². The van der Waals surface area contributed by atoms with Crippen molar-refractivity contribution in [2.24, 2.45) is 17.6 Å². The van der Waals surface area contributed by atoms with Crippen LogP contribution in [0.15, 0.2) is 24.3 Å². The highest BCUT2D eigenvalue weighted by Gasteiger charge is 2.38. The molecule has 0 aromatic heterocycles. The van der Waals surface area contributed by atoms with Gasteiger partial charge in [0.1, 0.15) is 5.75 Å². The first-order valence-electron chi connectivity index (χ1n) is 8.52. The second-order valence-corrected chi connectivity index (χ2v) is 6.61. The fourth-order valence-corrected chi connectivity index (χ4v) is 3.54. The predicted octanol–water partition coefficient (Wildman–Crippen LogP) is 0.772. The van der Waals surface area contributed by atoms with Gasteiger partial charge in [0.2, 0.25) is 17.7 Å². The Hall–Kier alpha value is -2.57. The fourth-order valence-electron chi connectivity index (χ4n) is 3.54. The van der Waals surface area contributed by atoms with Crippen molar-refractivity contribution in [3.63, 3.8) is 0 Å². The van der Waals surface area contributed by atoms with Crippen LogP contribution in [-0.4, -0.2) is 49.4 Å². The van der Waals surface area contributed by atoms with E-state index < -0.39 is 0 Å². The molecule has 3 rings (SSSR count). The first kappa shape index (κ1) is 17.3. The number of benzene rings is 1. The van der Waals surface area contributed by atoms with Crippen LogP contribution in [0.5, 0.6) is 5.75 Å². The molecule has 2 N–H and O–H groups in total. The number of methoxy groups -OCH3 is 1. The van der Waals surface area contributed by atoms with Crippen molar-refractivity contribution in [3.05, 3.63) is 24.3 Å². The van der Waals surface area contributed by atoms with Crippen molar-refractivity contribution >= 4 is 23.4 Å². The molecule has 2 heterocycles. The summed E-state index contributed by atoms with van der Waals surface area (Å²) in [7, 11) is 1.58. The Kier molecular flexibility index (Phi) is 4.92. The molecule has 0 radical (unpaired) electrons. The maximum atomic E-state index is 12.7. The van der Waals surface area contributed by atoms with Crippen molar-refractivity contribution in [3.8, 4) is 5.75 Å². The molecule has 1 atom stereocenters. The minimum atomic E-state index is -0.344. The lowest BCUT2D eigenvalue weighted by Gasteiger charge is -2.32. The summed E-state index contributed by atoms with van der Waals surface area (Å²) in [4.78, 5) is 39.7. The molecule has 1 aromatic rings. The minimum absolute atomic E-state index is 0.0123. The molecule has 7 heteroatoms. The van der Waals surface area contributed by atoms with E-state index >= 15 is 0 Å². The molecule has 2 aliphatic rings. The van der Waals surface area contributed by atoms with Gasteiger partial charge in [-0.2, -0.15) is 0 Å². The van der Waals surface area contributed by atoms with Crippen LogP contribution in [0.1, 0.15) is 19.3 Å². The van der Waals surface area contributed by atoms with Crippen molar-refractivity contribution in [2.45, 2.75) is 19.3 Å².